The second-order valence-corrected chi connectivity index (χ2v) is 8.76. The number of anilines is 1. The summed E-state index contributed by atoms with van der Waals surface area (Å²) in [5.74, 6) is -0.510. The zero-order valence-corrected chi connectivity index (χ0v) is 19.4. The van der Waals surface area contributed by atoms with Gasteiger partial charge in [-0.15, -0.1) is 0 Å². The molecule has 0 atom stereocenters. The van der Waals surface area contributed by atoms with Crippen LogP contribution in [-0.2, 0) is 13.1 Å². The van der Waals surface area contributed by atoms with Crippen LogP contribution in [0.3, 0.4) is 0 Å². The Labute approximate surface area is 202 Å². The summed E-state index contributed by atoms with van der Waals surface area (Å²) in [6, 6.07) is 16.7. The number of phenolic OH excluding ortho intramolecular Hbond substituents is 1. The molecule has 1 N–H and O–H groups in total. The van der Waals surface area contributed by atoms with Gasteiger partial charge in [0.2, 0.25) is 0 Å². The fourth-order valence-electron chi connectivity index (χ4n) is 4.79. The topological polar surface area (TPSA) is 73.3 Å². The summed E-state index contributed by atoms with van der Waals surface area (Å²) in [6.45, 7) is 3.42. The summed E-state index contributed by atoms with van der Waals surface area (Å²) in [7, 11) is 1.53. The van der Waals surface area contributed by atoms with E-state index in [1.165, 1.54) is 24.1 Å². The number of carbonyl (C=O) groups is 2. The van der Waals surface area contributed by atoms with Crippen LogP contribution in [0.15, 0.2) is 60.7 Å². The molecule has 3 aromatic carbocycles. The molecule has 7 nitrogen and oxygen atoms in total. The number of nitrogens with zero attached hydrogens (tertiary/aromatic N) is 3. The van der Waals surface area contributed by atoms with Crippen LogP contribution in [-0.4, -0.2) is 60.0 Å². The molecule has 0 aliphatic carbocycles. The maximum atomic E-state index is 13.6. The lowest BCUT2D eigenvalue weighted by Gasteiger charge is -2.36. The number of piperazine rings is 1. The minimum Gasteiger partial charge on any atom is -0.504 e. The highest BCUT2D eigenvalue weighted by atomic mass is 19.1. The minimum atomic E-state index is -0.403. The summed E-state index contributed by atoms with van der Waals surface area (Å²) >= 11 is 0. The number of para-hydroxylation sites is 1. The van der Waals surface area contributed by atoms with Crippen molar-refractivity contribution in [2.45, 2.75) is 13.1 Å². The lowest BCUT2D eigenvalue weighted by Crippen LogP contribution is -2.46. The molecular weight excluding hydrogens is 449 g/mol. The average molecular weight is 476 g/mol. The number of imide groups is 1. The van der Waals surface area contributed by atoms with E-state index in [9.17, 15) is 19.1 Å². The van der Waals surface area contributed by atoms with Crippen LogP contribution in [0.2, 0.25) is 0 Å². The van der Waals surface area contributed by atoms with Gasteiger partial charge in [0.25, 0.3) is 11.8 Å². The van der Waals surface area contributed by atoms with E-state index in [1.54, 1.807) is 30.3 Å². The van der Waals surface area contributed by atoms with Gasteiger partial charge in [-0.05, 0) is 35.9 Å². The summed E-state index contributed by atoms with van der Waals surface area (Å²) < 4.78 is 18.8. The highest BCUT2D eigenvalue weighted by molar-refractivity contribution is 6.23. The SMILES string of the molecule is COc1cccc(CN2CCN(c3cccc4c3C(=O)N(Cc3cccc(F)c3)C4=O)CC2)c1O. The van der Waals surface area contributed by atoms with E-state index < -0.39 is 5.82 Å². The summed E-state index contributed by atoms with van der Waals surface area (Å²) in [4.78, 5) is 31.9. The summed E-state index contributed by atoms with van der Waals surface area (Å²) in [5.41, 5.74) is 2.90. The van der Waals surface area contributed by atoms with Gasteiger partial charge in [0.1, 0.15) is 5.82 Å². The third-order valence-corrected chi connectivity index (χ3v) is 6.62. The number of aromatic hydroxyl groups is 1. The van der Waals surface area contributed by atoms with Crippen molar-refractivity contribution in [2.75, 3.05) is 38.2 Å². The van der Waals surface area contributed by atoms with Gasteiger partial charge in [0.15, 0.2) is 11.5 Å². The van der Waals surface area contributed by atoms with E-state index in [4.69, 9.17) is 4.74 Å². The molecule has 35 heavy (non-hydrogen) atoms. The molecule has 0 bridgehead atoms. The van der Waals surface area contributed by atoms with Gasteiger partial charge in [-0.2, -0.15) is 0 Å². The Kier molecular flexibility index (Phi) is 6.13. The van der Waals surface area contributed by atoms with Crippen molar-refractivity contribution in [3.05, 3.63) is 88.7 Å². The van der Waals surface area contributed by atoms with Crippen molar-refractivity contribution in [2.24, 2.45) is 0 Å². The van der Waals surface area contributed by atoms with Crippen molar-refractivity contribution in [3.8, 4) is 11.5 Å². The molecule has 2 heterocycles. The lowest BCUT2D eigenvalue weighted by molar-refractivity contribution is 0.0642. The molecule has 0 radical (unpaired) electrons. The second kappa shape index (κ2) is 9.38. The number of amides is 2. The molecule has 2 amide bonds. The molecule has 3 aromatic rings. The van der Waals surface area contributed by atoms with Gasteiger partial charge in [-0.3, -0.25) is 19.4 Å². The van der Waals surface area contributed by atoms with E-state index in [0.29, 0.717) is 42.1 Å². The molecule has 1 saturated heterocycles. The van der Waals surface area contributed by atoms with Crippen LogP contribution in [0.25, 0.3) is 0 Å². The molecule has 1 fully saturated rings. The van der Waals surface area contributed by atoms with E-state index in [-0.39, 0.29) is 24.1 Å². The highest BCUT2D eigenvalue weighted by Crippen LogP contribution is 2.34. The zero-order chi connectivity index (χ0) is 24.5. The van der Waals surface area contributed by atoms with Gasteiger partial charge in [-0.25, -0.2) is 4.39 Å². The second-order valence-electron chi connectivity index (χ2n) is 8.76. The Morgan fingerprint density at radius 3 is 2.40 bits per heavy atom. The predicted molar refractivity (Wildman–Crippen MR) is 129 cm³/mol. The van der Waals surface area contributed by atoms with Crippen LogP contribution in [0.1, 0.15) is 31.8 Å². The first-order valence-electron chi connectivity index (χ1n) is 11.5. The largest absolute Gasteiger partial charge is 0.504 e. The smallest absolute Gasteiger partial charge is 0.263 e. The Hall–Kier alpha value is -3.91. The van der Waals surface area contributed by atoms with Gasteiger partial charge in [0, 0.05) is 38.3 Å². The number of benzene rings is 3. The van der Waals surface area contributed by atoms with Crippen LogP contribution >= 0.6 is 0 Å². The number of halogens is 1. The number of fused-ring (bicyclic) bond motifs is 1. The van der Waals surface area contributed by atoms with Crippen LogP contribution < -0.4 is 9.64 Å². The molecular formula is C27H26FN3O4. The molecule has 0 aromatic heterocycles. The number of hydrogen-bond donors (Lipinski definition) is 1. The molecule has 0 unspecified atom stereocenters. The molecule has 180 valence electrons. The minimum absolute atomic E-state index is 0.0291. The Morgan fingerprint density at radius 2 is 1.66 bits per heavy atom. The summed E-state index contributed by atoms with van der Waals surface area (Å²) in [5, 5.41) is 10.4. The normalized spacial score (nSPS) is 16.1. The van der Waals surface area contributed by atoms with E-state index in [1.807, 2.05) is 18.2 Å². The number of ether oxygens (including phenoxy) is 1. The van der Waals surface area contributed by atoms with Gasteiger partial charge in [-0.1, -0.05) is 30.3 Å². The van der Waals surface area contributed by atoms with Crippen LogP contribution in [0, 0.1) is 5.82 Å². The first-order valence-corrected chi connectivity index (χ1v) is 11.5. The number of carbonyl (C=O) groups excluding carboxylic acids is 2. The first kappa shape index (κ1) is 22.9. The summed E-state index contributed by atoms with van der Waals surface area (Å²) in [6.07, 6.45) is 0. The average Bonchev–Trinajstić information content (AvgIpc) is 3.11. The van der Waals surface area contributed by atoms with Gasteiger partial charge in [0.05, 0.1) is 30.5 Å². The van der Waals surface area contributed by atoms with Crippen molar-refractivity contribution in [1.82, 2.24) is 9.80 Å². The number of rotatable bonds is 6. The third-order valence-electron chi connectivity index (χ3n) is 6.62. The van der Waals surface area contributed by atoms with Crippen LogP contribution in [0.4, 0.5) is 10.1 Å². The quantitative estimate of drug-likeness (QED) is 0.549. The third kappa shape index (κ3) is 4.33. The number of methoxy groups -OCH3 is 1. The highest BCUT2D eigenvalue weighted by Gasteiger charge is 2.38. The van der Waals surface area contributed by atoms with Crippen molar-refractivity contribution in [1.29, 1.82) is 0 Å². The number of phenols is 1. The Balaban J connectivity index is 1.30. The monoisotopic (exact) mass is 475 g/mol. The van der Waals surface area contributed by atoms with E-state index in [0.717, 1.165) is 24.3 Å². The molecule has 5 rings (SSSR count). The fourth-order valence-corrected chi connectivity index (χ4v) is 4.79. The predicted octanol–water partition coefficient (Wildman–Crippen LogP) is 3.66. The van der Waals surface area contributed by atoms with Crippen molar-refractivity contribution in [3.63, 3.8) is 0 Å². The zero-order valence-electron chi connectivity index (χ0n) is 19.4. The molecule has 2 aliphatic rings. The maximum Gasteiger partial charge on any atom is 0.263 e. The standard InChI is InChI=1S/C27H26FN3O4/c1-35-23-10-3-6-19(25(23)32)17-29-11-13-30(14-12-29)22-9-4-8-21-24(22)27(34)31(26(21)33)16-18-5-2-7-20(28)15-18/h2-10,15,32H,11-14,16-17H2,1H3. The molecule has 0 saturated carbocycles. The fraction of sp³-hybridized carbons (Fsp3) is 0.259. The lowest BCUT2D eigenvalue weighted by atomic mass is 10.1. The van der Waals surface area contributed by atoms with Gasteiger partial charge < -0.3 is 14.7 Å². The van der Waals surface area contributed by atoms with Crippen LogP contribution in [0.5, 0.6) is 11.5 Å². The molecule has 2 aliphatic heterocycles. The maximum absolute atomic E-state index is 13.6. The van der Waals surface area contributed by atoms with Gasteiger partial charge >= 0.3 is 0 Å². The first-order chi connectivity index (χ1) is 17.0. The Bertz CT molecular complexity index is 1290. The van der Waals surface area contributed by atoms with Crippen molar-refractivity contribution < 1.29 is 23.8 Å². The van der Waals surface area contributed by atoms with Crippen molar-refractivity contribution >= 4 is 17.5 Å². The number of hydrogen-bond acceptors (Lipinski definition) is 6. The molecule has 8 heteroatoms. The molecule has 0 spiro atoms. The van der Waals surface area contributed by atoms with E-state index >= 15 is 0 Å². The van der Waals surface area contributed by atoms with E-state index in [2.05, 4.69) is 9.80 Å². The Morgan fingerprint density at radius 1 is 0.914 bits per heavy atom.